The molecule has 0 saturated carbocycles. The summed E-state index contributed by atoms with van der Waals surface area (Å²) in [5, 5.41) is 9.54. The van der Waals surface area contributed by atoms with E-state index in [1.54, 1.807) is 12.1 Å². The minimum Gasteiger partial charge on any atom is -0.392 e. The summed E-state index contributed by atoms with van der Waals surface area (Å²) < 4.78 is 0. The molecule has 0 spiro atoms. The number of hydrogen-bond donors (Lipinski definition) is 1. The molecule has 1 N–H and O–H groups in total. The summed E-state index contributed by atoms with van der Waals surface area (Å²) in [4.78, 5) is 11.6. The maximum Gasteiger partial charge on any atom is 0.165 e. The van der Waals surface area contributed by atoms with Crippen LogP contribution in [0.1, 0.15) is 30.6 Å². The Morgan fingerprint density at radius 2 is 1.86 bits per heavy atom. The normalized spacial score (nSPS) is 12.9. The first-order chi connectivity index (χ1) is 6.61. The highest BCUT2D eigenvalue weighted by Gasteiger charge is 2.15. The highest BCUT2D eigenvalue weighted by Crippen LogP contribution is 2.10. The van der Waals surface area contributed by atoms with Crippen molar-refractivity contribution in [1.82, 2.24) is 0 Å². The van der Waals surface area contributed by atoms with E-state index in [4.69, 9.17) is 0 Å². The zero-order chi connectivity index (χ0) is 10.6. The number of aliphatic hydroxyl groups excluding tert-OH is 1. The molecule has 76 valence electrons. The Hall–Kier alpha value is -1.15. The Balaban J connectivity index is 2.60. The molecule has 14 heavy (non-hydrogen) atoms. The van der Waals surface area contributed by atoms with Crippen LogP contribution in [0.4, 0.5) is 0 Å². The molecule has 1 aromatic carbocycles. The second kappa shape index (κ2) is 4.91. The number of Topliss-reactive ketones (excluding diaryl/α,β-unsaturated/α-hetero) is 1. The van der Waals surface area contributed by atoms with E-state index in [0.717, 1.165) is 0 Å². The summed E-state index contributed by atoms with van der Waals surface area (Å²) in [7, 11) is 0. The number of carbonyl (C=O) groups excluding carboxylic acids is 1. The van der Waals surface area contributed by atoms with Crippen molar-refractivity contribution in [3.8, 4) is 0 Å². The lowest BCUT2D eigenvalue weighted by Crippen LogP contribution is -2.19. The van der Waals surface area contributed by atoms with Crippen molar-refractivity contribution in [2.24, 2.45) is 5.92 Å². The lowest BCUT2D eigenvalue weighted by molar-refractivity contribution is 0.0790. The third-order valence-corrected chi connectivity index (χ3v) is 2.26. The highest BCUT2D eigenvalue weighted by molar-refractivity contribution is 5.96. The first-order valence-corrected chi connectivity index (χ1v) is 4.87. The van der Waals surface area contributed by atoms with Gasteiger partial charge in [-0.15, -0.1) is 0 Å². The Labute approximate surface area is 84.6 Å². The first-order valence-electron chi connectivity index (χ1n) is 4.87. The zero-order valence-corrected chi connectivity index (χ0v) is 8.60. The SMILES string of the molecule is CC(C)[C@H](O)CC(=O)c1ccccc1. The molecular weight excluding hydrogens is 176 g/mol. The number of hydrogen-bond acceptors (Lipinski definition) is 2. The fraction of sp³-hybridized carbons (Fsp3) is 0.417. The summed E-state index contributed by atoms with van der Waals surface area (Å²) in [6, 6.07) is 9.07. The van der Waals surface area contributed by atoms with Gasteiger partial charge in [0.05, 0.1) is 6.10 Å². The van der Waals surface area contributed by atoms with Crippen molar-refractivity contribution < 1.29 is 9.90 Å². The van der Waals surface area contributed by atoms with Crippen LogP contribution in [-0.4, -0.2) is 17.0 Å². The third kappa shape index (κ3) is 2.96. The van der Waals surface area contributed by atoms with Crippen LogP contribution in [0.5, 0.6) is 0 Å². The summed E-state index contributed by atoms with van der Waals surface area (Å²) in [6.07, 6.45) is -0.329. The van der Waals surface area contributed by atoms with Crippen LogP contribution in [0.15, 0.2) is 30.3 Å². The van der Waals surface area contributed by atoms with Gasteiger partial charge in [0.2, 0.25) is 0 Å². The van der Waals surface area contributed by atoms with E-state index in [9.17, 15) is 9.90 Å². The maximum atomic E-state index is 11.6. The van der Waals surface area contributed by atoms with Crippen LogP contribution in [0, 0.1) is 5.92 Å². The average molecular weight is 192 g/mol. The molecule has 1 atom stereocenters. The van der Waals surface area contributed by atoms with E-state index in [1.165, 1.54) is 0 Å². The molecule has 1 rings (SSSR count). The Morgan fingerprint density at radius 3 is 2.36 bits per heavy atom. The zero-order valence-electron chi connectivity index (χ0n) is 8.60. The van der Waals surface area contributed by atoms with Crippen molar-refractivity contribution in [3.05, 3.63) is 35.9 Å². The van der Waals surface area contributed by atoms with Crippen molar-refractivity contribution >= 4 is 5.78 Å². The van der Waals surface area contributed by atoms with Crippen LogP contribution in [0.2, 0.25) is 0 Å². The van der Waals surface area contributed by atoms with Crippen LogP contribution in [-0.2, 0) is 0 Å². The van der Waals surface area contributed by atoms with Gasteiger partial charge < -0.3 is 5.11 Å². The van der Waals surface area contributed by atoms with E-state index in [1.807, 2.05) is 32.0 Å². The van der Waals surface area contributed by atoms with E-state index >= 15 is 0 Å². The number of benzene rings is 1. The van der Waals surface area contributed by atoms with Gasteiger partial charge in [-0.05, 0) is 5.92 Å². The molecule has 2 heteroatoms. The average Bonchev–Trinajstić information content (AvgIpc) is 2.19. The van der Waals surface area contributed by atoms with Gasteiger partial charge in [0.25, 0.3) is 0 Å². The highest BCUT2D eigenvalue weighted by atomic mass is 16.3. The van der Waals surface area contributed by atoms with Crippen LogP contribution < -0.4 is 0 Å². The Morgan fingerprint density at radius 1 is 1.29 bits per heavy atom. The fourth-order valence-electron chi connectivity index (χ4n) is 1.17. The van der Waals surface area contributed by atoms with Gasteiger partial charge >= 0.3 is 0 Å². The molecule has 0 bridgehead atoms. The van der Waals surface area contributed by atoms with Crippen LogP contribution in [0.3, 0.4) is 0 Å². The van der Waals surface area contributed by atoms with Gasteiger partial charge in [-0.3, -0.25) is 4.79 Å². The van der Waals surface area contributed by atoms with Gasteiger partial charge in [-0.25, -0.2) is 0 Å². The Bertz CT molecular complexity index is 290. The minimum atomic E-state index is -0.539. The van der Waals surface area contributed by atoms with Gasteiger partial charge in [-0.2, -0.15) is 0 Å². The maximum absolute atomic E-state index is 11.6. The molecule has 1 aromatic rings. The molecule has 0 saturated heterocycles. The molecule has 0 fully saturated rings. The molecular formula is C12H16O2. The van der Waals surface area contributed by atoms with E-state index < -0.39 is 6.10 Å². The van der Waals surface area contributed by atoms with Crippen LogP contribution >= 0.6 is 0 Å². The molecule has 0 radical (unpaired) electrons. The Kier molecular flexibility index (Phi) is 3.84. The van der Waals surface area contributed by atoms with Gasteiger partial charge in [-0.1, -0.05) is 44.2 Å². The lowest BCUT2D eigenvalue weighted by atomic mass is 9.98. The molecule has 0 aliphatic heterocycles. The fourth-order valence-corrected chi connectivity index (χ4v) is 1.17. The van der Waals surface area contributed by atoms with Crippen molar-refractivity contribution in [3.63, 3.8) is 0 Å². The molecule has 0 aromatic heterocycles. The summed E-state index contributed by atoms with van der Waals surface area (Å²) in [5.74, 6) is 0.134. The number of ketones is 1. The van der Waals surface area contributed by atoms with E-state index in [2.05, 4.69) is 0 Å². The molecule has 0 unspecified atom stereocenters. The number of rotatable bonds is 4. The number of aliphatic hydroxyl groups is 1. The van der Waals surface area contributed by atoms with Crippen LogP contribution in [0.25, 0.3) is 0 Å². The third-order valence-electron chi connectivity index (χ3n) is 2.26. The second-order valence-electron chi connectivity index (χ2n) is 3.80. The van der Waals surface area contributed by atoms with E-state index in [-0.39, 0.29) is 18.1 Å². The smallest absolute Gasteiger partial charge is 0.165 e. The van der Waals surface area contributed by atoms with Gasteiger partial charge in [0.1, 0.15) is 0 Å². The van der Waals surface area contributed by atoms with Crippen molar-refractivity contribution in [1.29, 1.82) is 0 Å². The molecule has 2 nitrogen and oxygen atoms in total. The van der Waals surface area contributed by atoms with Gasteiger partial charge in [0, 0.05) is 12.0 Å². The number of carbonyl (C=O) groups is 1. The molecule has 0 amide bonds. The predicted molar refractivity (Wildman–Crippen MR) is 56.2 cm³/mol. The monoisotopic (exact) mass is 192 g/mol. The standard InChI is InChI=1S/C12H16O2/c1-9(2)11(13)8-12(14)10-6-4-3-5-7-10/h3-7,9,11,13H,8H2,1-2H3/t11-/m1/s1. The molecule has 0 aliphatic carbocycles. The van der Waals surface area contributed by atoms with Gasteiger partial charge in [0.15, 0.2) is 5.78 Å². The quantitative estimate of drug-likeness (QED) is 0.743. The van der Waals surface area contributed by atoms with E-state index in [0.29, 0.717) is 5.56 Å². The summed E-state index contributed by atoms with van der Waals surface area (Å²) >= 11 is 0. The molecule has 0 aliphatic rings. The molecule has 0 heterocycles. The minimum absolute atomic E-state index is 0.00630. The first kappa shape index (κ1) is 10.9. The predicted octanol–water partition coefficient (Wildman–Crippen LogP) is 2.28. The second-order valence-corrected chi connectivity index (χ2v) is 3.80. The topological polar surface area (TPSA) is 37.3 Å². The lowest BCUT2D eigenvalue weighted by Gasteiger charge is -2.12. The summed E-state index contributed by atoms with van der Waals surface area (Å²) in [6.45, 7) is 3.81. The van der Waals surface area contributed by atoms with Crippen molar-refractivity contribution in [2.75, 3.05) is 0 Å². The van der Waals surface area contributed by atoms with Crippen molar-refractivity contribution in [2.45, 2.75) is 26.4 Å². The summed E-state index contributed by atoms with van der Waals surface area (Å²) in [5.41, 5.74) is 0.673. The largest absolute Gasteiger partial charge is 0.392 e.